The van der Waals surface area contributed by atoms with Gasteiger partial charge in [0.2, 0.25) is 0 Å². The zero-order chi connectivity index (χ0) is 14.5. The van der Waals surface area contributed by atoms with E-state index in [-0.39, 0.29) is 12.4 Å². The number of Topliss-reactive ketones (excluding diaryl/α,β-unsaturated/α-hetero) is 1. The first-order valence-electron chi connectivity index (χ1n) is 6.23. The molecule has 1 N–H and O–H groups in total. The Kier molecular flexibility index (Phi) is 4.77. The Bertz CT molecular complexity index is 610. The normalized spacial score (nSPS) is 11.9. The first-order valence-corrected chi connectivity index (χ1v) is 6.61. The maximum Gasteiger partial charge on any atom is 0.159 e. The van der Waals surface area contributed by atoms with Crippen molar-refractivity contribution in [3.05, 3.63) is 64.7 Å². The van der Waals surface area contributed by atoms with E-state index in [0.717, 1.165) is 0 Å². The Labute approximate surface area is 122 Å². The van der Waals surface area contributed by atoms with Crippen LogP contribution in [0.2, 0.25) is 5.02 Å². The monoisotopic (exact) mass is 290 g/mol. The average molecular weight is 291 g/mol. The third kappa shape index (κ3) is 3.83. The molecule has 0 radical (unpaired) electrons. The molecule has 2 rings (SSSR count). The number of rotatable bonds is 5. The van der Waals surface area contributed by atoms with Gasteiger partial charge in [-0.05, 0) is 36.8 Å². The second-order valence-electron chi connectivity index (χ2n) is 4.47. The molecule has 1 unspecified atom stereocenters. The molecular weight excluding hydrogens is 276 g/mol. The lowest BCUT2D eigenvalue weighted by Crippen LogP contribution is -2.09. The van der Waals surface area contributed by atoms with Crippen LogP contribution >= 0.6 is 11.6 Å². The third-order valence-electron chi connectivity index (χ3n) is 2.88. The fourth-order valence-corrected chi connectivity index (χ4v) is 1.99. The minimum absolute atomic E-state index is 0.0224. The van der Waals surface area contributed by atoms with E-state index in [4.69, 9.17) is 16.3 Å². The molecule has 0 aliphatic heterocycles. The number of benzene rings is 2. The first kappa shape index (κ1) is 14.6. The number of hydrogen-bond acceptors (Lipinski definition) is 3. The first-order chi connectivity index (χ1) is 9.56. The maximum atomic E-state index is 11.3. The molecule has 0 amide bonds. The standard InChI is InChI=1S/C16H15ClO3/c1-11(18)12-4-3-7-15(9-12)20-10-16(19)13-5-2-6-14(17)8-13/h2-9,16,19H,10H2,1H3. The van der Waals surface area contributed by atoms with Gasteiger partial charge in [0.1, 0.15) is 18.5 Å². The highest BCUT2D eigenvalue weighted by atomic mass is 35.5. The number of ketones is 1. The largest absolute Gasteiger partial charge is 0.491 e. The van der Waals surface area contributed by atoms with Crippen molar-refractivity contribution in [2.75, 3.05) is 6.61 Å². The molecular formula is C16H15ClO3. The van der Waals surface area contributed by atoms with Crippen molar-refractivity contribution in [1.29, 1.82) is 0 Å². The van der Waals surface area contributed by atoms with E-state index in [0.29, 0.717) is 21.9 Å². The van der Waals surface area contributed by atoms with Crippen LogP contribution in [0.3, 0.4) is 0 Å². The number of aliphatic hydroxyl groups excluding tert-OH is 1. The minimum atomic E-state index is -0.769. The van der Waals surface area contributed by atoms with Crippen molar-refractivity contribution in [2.45, 2.75) is 13.0 Å². The van der Waals surface area contributed by atoms with Crippen LogP contribution < -0.4 is 4.74 Å². The molecule has 0 heterocycles. The fraction of sp³-hybridized carbons (Fsp3) is 0.188. The van der Waals surface area contributed by atoms with Gasteiger partial charge in [0.15, 0.2) is 5.78 Å². The molecule has 0 aliphatic rings. The highest BCUT2D eigenvalue weighted by Gasteiger charge is 2.09. The Hall–Kier alpha value is -1.84. The zero-order valence-corrected chi connectivity index (χ0v) is 11.8. The van der Waals surface area contributed by atoms with E-state index in [1.54, 1.807) is 48.5 Å². The van der Waals surface area contributed by atoms with Gasteiger partial charge in [-0.15, -0.1) is 0 Å². The average Bonchev–Trinajstić information content (AvgIpc) is 2.45. The summed E-state index contributed by atoms with van der Waals surface area (Å²) in [6.07, 6.45) is -0.769. The Morgan fingerprint density at radius 1 is 1.25 bits per heavy atom. The van der Waals surface area contributed by atoms with Gasteiger partial charge in [-0.3, -0.25) is 4.79 Å². The summed E-state index contributed by atoms with van der Waals surface area (Å²) >= 11 is 5.87. The van der Waals surface area contributed by atoms with Crippen molar-refractivity contribution in [3.8, 4) is 5.75 Å². The van der Waals surface area contributed by atoms with Gasteiger partial charge in [-0.1, -0.05) is 35.9 Å². The Morgan fingerprint density at radius 3 is 2.70 bits per heavy atom. The van der Waals surface area contributed by atoms with E-state index >= 15 is 0 Å². The maximum absolute atomic E-state index is 11.3. The number of aliphatic hydroxyl groups is 1. The van der Waals surface area contributed by atoms with Crippen molar-refractivity contribution < 1.29 is 14.6 Å². The lowest BCUT2D eigenvalue weighted by atomic mass is 10.1. The number of hydrogen-bond donors (Lipinski definition) is 1. The van der Waals surface area contributed by atoms with Crippen LogP contribution in [0.4, 0.5) is 0 Å². The summed E-state index contributed by atoms with van der Waals surface area (Å²) in [6, 6.07) is 13.9. The number of carbonyl (C=O) groups is 1. The van der Waals surface area contributed by atoms with Crippen molar-refractivity contribution in [3.63, 3.8) is 0 Å². The van der Waals surface area contributed by atoms with Crippen molar-refractivity contribution >= 4 is 17.4 Å². The van der Waals surface area contributed by atoms with Crippen LogP contribution in [0.1, 0.15) is 28.9 Å². The topological polar surface area (TPSA) is 46.5 Å². The second-order valence-corrected chi connectivity index (χ2v) is 4.90. The summed E-state index contributed by atoms with van der Waals surface area (Å²) in [7, 11) is 0. The smallest absolute Gasteiger partial charge is 0.159 e. The molecule has 2 aromatic carbocycles. The second kappa shape index (κ2) is 6.55. The van der Waals surface area contributed by atoms with Crippen molar-refractivity contribution in [2.24, 2.45) is 0 Å². The Morgan fingerprint density at radius 2 is 2.00 bits per heavy atom. The number of carbonyl (C=O) groups excluding carboxylic acids is 1. The van der Waals surface area contributed by atoms with Crippen LogP contribution in [-0.4, -0.2) is 17.5 Å². The van der Waals surface area contributed by atoms with E-state index in [1.165, 1.54) is 6.92 Å². The number of halogens is 1. The Balaban J connectivity index is 2.01. The molecule has 0 saturated heterocycles. The summed E-state index contributed by atoms with van der Waals surface area (Å²) in [5.41, 5.74) is 1.28. The molecule has 104 valence electrons. The molecule has 3 nitrogen and oxygen atoms in total. The van der Waals surface area contributed by atoms with Gasteiger partial charge < -0.3 is 9.84 Å². The molecule has 20 heavy (non-hydrogen) atoms. The van der Waals surface area contributed by atoms with E-state index in [9.17, 15) is 9.90 Å². The van der Waals surface area contributed by atoms with Crippen LogP contribution in [0.15, 0.2) is 48.5 Å². The molecule has 0 fully saturated rings. The molecule has 0 bridgehead atoms. The predicted molar refractivity (Wildman–Crippen MR) is 78.4 cm³/mol. The fourth-order valence-electron chi connectivity index (χ4n) is 1.79. The summed E-state index contributed by atoms with van der Waals surface area (Å²) in [5, 5.41) is 10.6. The molecule has 0 spiro atoms. The lowest BCUT2D eigenvalue weighted by molar-refractivity contribution is 0.101. The van der Waals surface area contributed by atoms with Gasteiger partial charge in [0, 0.05) is 10.6 Å². The zero-order valence-electron chi connectivity index (χ0n) is 11.0. The van der Waals surface area contributed by atoms with E-state index < -0.39 is 6.10 Å². The quantitative estimate of drug-likeness (QED) is 0.855. The van der Waals surface area contributed by atoms with Gasteiger partial charge in [-0.25, -0.2) is 0 Å². The molecule has 0 saturated carbocycles. The summed E-state index contributed by atoms with van der Waals surface area (Å²) in [4.78, 5) is 11.3. The number of ether oxygens (including phenoxy) is 1. The highest BCUT2D eigenvalue weighted by Crippen LogP contribution is 2.20. The molecule has 0 aliphatic carbocycles. The third-order valence-corrected chi connectivity index (χ3v) is 3.12. The van der Waals surface area contributed by atoms with Gasteiger partial charge in [0.05, 0.1) is 0 Å². The van der Waals surface area contributed by atoms with Crippen LogP contribution in [0.25, 0.3) is 0 Å². The molecule has 1 atom stereocenters. The van der Waals surface area contributed by atoms with Crippen LogP contribution in [0.5, 0.6) is 5.75 Å². The predicted octanol–water partition coefficient (Wildman–Crippen LogP) is 3.66. The lowest BCUT2D eigenvalue weighted by Gasteiger charge is -2.13. The summed E-state index contributed by atoms with van der Waals surface area (Å²) in [5.74, 6) is 0.532. The molecule has 2 aromatic rings. The summed E-state index contributed by atoms with van der Waals surface area (Å²) in [6.45, 7) is 1.60. The highest BCUT2D eigenvalue weighted by molar-refractivity contribution is 6.30. The summed E-state index contributed by atoms with van der Waals surface area (Å²) < 4.78 is 5.51. The SMILES string of the molecule is CC(=O)c1cccc(OCC(O)c2cccc(Cl)c2)c1. The van der Waals surface area contributed by atoms with Gasteiger partial charge in [-0.2, -0.15) is 0 Å². The van der Waals surface area contributed by atoms with Crippen molar-refractivity contribution in [1.82, 2.24) is 0 Å². The van der Waals surface area contributed by atoms with Crippen LogP contribution in [0, 0.1) is 0 Å². The van der Waals surface area contributed by atoms with E-state index in [1.807, 2.05) is 0 Å². The van der Waals surface area contributed by atoms with E-state index in [2.05, 4.69) is 0 Å². The molecule has 0 aromatic heterocycles. The van der Waals surface area contributed by atoms with Gasteiger partial charge >= 0.3 is 0 Å². The molecule has 4 heteroatoms. The minimum Gasteiger partial charge on any atom is -0.491 e. The van der Waals surface area contributed by atoms with Gasteiger partial charge in [0.25, 0.3) is 0 Å². The van der Waals surface area contributed by atoms with Crippen LogP contribution in [-0.2, 0) is 0 Å².